The summed E-state index contributed by atoms with van der Waals surface area (Å²) in [4.78, 5) is 12.2. The Hall–Kier alpha value is -2.10. The highest BCUT2D eigenvalue weighted by Gasteiger charge is 2.18. The van der Waals surface area contributed by atoms with E-state index in [9.17, 15) is 13.2 Å². The molecule has 0 fully saturated rings. The quantitative estimate of drug-likeness (QED) is 0.417. The molecule has 31 heavy (non-hydrogen) atoms. The maximum Gasteiger partial charge on any atom is 0.241 e. The van der Waals surface area contributed by atoms with Crippen LogP contribution in [0.2, 0.25) is 10.0 Å². The number of primary sulfonamides is 1. The molecule has 0 radical (unpaired) electrons. The predicted octanol–water partition coefficient (Wildman–Crippen LogP) is 5.69. The zero-order chi connectivity index (χ0) is 22.8. The fourth-order valence-electron chi connectivity index (χ4n) is 2.78. The molecule has 162 valence electrons. The number of amides is 1. The molecule has 3 N–H and O–H groups in total. The Morgan fingerprint density at radius 2 is 1.87 bits per heavy atom. The van der Waals surface area contributed by atoms with Crippen LogP contribution in [0.15, 0.2) is 64.0 Å². The molecule has 0 spiro atoms. The van der Waals surface area contributed by atoms with E-state index in [2.05, 4.69) is 21.2 Å². The highest BCUT2D eigenvalue weighted by Crippen LogP contribution is 2.32. The number of carbonyl (C=O) groups excluding carboxylic acids is 1. The van der Waals surface area contributed by atoms with Gasteiger partial charge >= 0.3 is 0 Å². The summed E-state index contributed by atoms with van der Waals surface area (Å²) in [6, 6.07) is 14.2. The number of sulfonamides is 1. The second-order valence-electron chi connectivity index (χ2n) is 6.68. The van der Waals surface area contributed by atoms with Crippen molar-refractivity contribution in [2.45, 2.75) is 18.2 Å². The van der Waals surface area contributed by atoms with Gasteiger partial charge in [0, 0.05) is 20.2 Å². The number of ether oxygens (including phenoxy) is 1. The third-order valence-electron chi connectivity index (χ3n) is 4.24. The molecule has 3 rings (SSSR count). The Morgan fingerprint density at radius 1 is 1.13 bits per heavy atom. The largest absolute Gasteiger partial charge is 0.456 e. The van der Waals surface area contributed by atoms with Crippen molar-refractivity contribution in [1.82, 2.24) is 0 Å². The van der Waals surface area contributed by atoms with Crippen molar-refractivity contribution in [2.75, 3.05) is 5.32 Å². The second kappa shape index (κ2) is 9.58. The molecule has 0 saturated carbocycles. The number of halogens is 3. The number of anilines is 1. The van der Waals surface area contributed by atoms with E-state index in [1.54, 1.807) is 24.3 Å². The minimum atomic E-state index is -4.13. The van der Waals surface area contributed by atoms with Gasteiger partial charge < -0.3 is 10.1 Å². The highest BCUT2D eigenvalue weighted by atomic mass is 79.9. The van der Waals surface area contributed by atoms with Crippen molar-refractivity contribution in [2.24, 2.45) is 5.14 Å². The van der Waals surface area contributed by atoms with Crippen molar-refractivity contribution in [3.8, 4) is 11.5 Å². The number of rotatable bonds is 6. The van der Waals surface area contributed by atoms with Gasteiger partial charge in [-0.2, -0.15) is 0 Å². The number of carbonyl (C=O) groups is 1. The van der Waals surface area contributed by atoms with Gasteiger partial charge in [0.2, 0.25) is 15.9 Å². The minimum absolute atomic E-state index is 0.00865. The van der Waals surface area contributed by atoms with Gasteiger partial charge in [0.15, 0.2) is 0 Å². The Bertz CT molecular complexity index is 1270. The Balaban J connectivity index is 1.84. The first-order valence-corrected chi connectivity index (χ1v) is 12.0. The van der Waals surface area contributed by atoms with Crippen LogP contribution < -0.4 is 15.2 Å². The highest BCUT2D eigenvalue weighted by molar-refractivity contribution is 9.10. The van der Waals surface area contributed by atoms with Crippen LogP contribution in [0.25, 0.3) is 0 Å². The first kappa shape index (κ1) is 23.6. The van der Waals surface area contributed by atoms with Gasteiger partial charge in [0.1, 0.15) is 16.4 Å². The molecule has 0 saturated heterocycles. The molecule has 0 aliphatic heterocycles. The zero-order valence-electron chi connectivity index (χ0n) is 16.2. The van der Waals surface area contributed by atoms with Gasteiger partial charge in [-0.1, -0.05) is 51.3 Å². The molecular formula is C21H17BrCl2N2O4S. The topological polar surface area (TPSA) is 98.5 Å². The van der Waals surface area contributed by atoms with E-state index in [1.807, 2.05) is 13.0 Å². The molecule has 0 aliphatic rings. The van der Waals surface area contributed by atoms with E-state index in [0.29, 0.717) is 21.4 Å². The lowest BCUT2D eigenvalue weighted by atomic mass is 10.1. The molecule has 6 nitrogen and oxygen atoms in total. The molecule has 0 bridgehead atoms. The smallest absolute Gasteiger partial charge is 0.241 e. The van der Waals surface area contributed by atoms with Crippen molar-refractivity contribution in [1.29, 1.82) is 0 Å². The predicted molar refractivity (Wildman–Crippen MR) is 126 cm³/mol. The fourth-order valence-corrected chi connectivity index (χ4v) is 4.35. The average Bonchev–Trinajstić information content (AvgIpc) is 2.66. The van der Waals surface area contributed by atoms with Crippen molar-refractivity contribution in [3.05, 3.63) is 80.2 Å². The van der Waals surface area contributed by atoms with Gasteiger partial charge in [-0.05, 0) is 60.5 Å². The number of aryl methyl sites for hydroxylation is 1. The molecule has 0 aromatic heterocycles. The van der Waals surface area contributed by atoms with Crippen LogP contribution in [0.3, 0.4) is 0 Å². The van der Waals surface area contributed by atoms with E-state index in [0.717, 1.165) is 10.0 Å². The lowest BCUT2D eigenvalue weighted by Gasteiger charge is -2.13. The summed E-state index contributed by atoms with van der Waals surface area (Å²) < 4.78 is 30.7. The fraction of sp³-hybridized carbons (Fsp3) is 0.0952. The van der Waals surface area contributed by atoms with Gasteiger partial charge in [0.25, 0.3) is 0 Å². The van der Waals surface area contributed by atoms with Crippen LogP contribution in [-0.4, -0.2) is 14.3 Å². The van der Waals surface area contributed by atoms with Crippen LogP contribution in [0.1, 0.15) is 11.1 Å². The Kier molecular flexibility index (Phi) is 7.28. The van der Waals surface area contributed by atoms with Crippen LogP contribution >= 0.6 is 39.1 Å². The lowest BCUT2D eigenvalue weighted by molar-refractivity contribution is -0.115. The van der Waals surface area contributed by atoms with Crippen LogP contribution in [0.4, 0.5) is 5.69 Å². The van der Waals surface area contributed by atoms with Crippen LogP contribution in [-0.2, 0) is 21.2 Å². The molecule has 3 aromatic rings. The van der Waals surface area contributed by atoms with E-state index in [4.69, 9.17) is 33.1 Å². The Morgan fingerprint density at radius 3 is 2.55 bits per heavy atom. The van der Waals surface area contributed by atoms with Crippen LogP contribution in [0.5, 0.6) is 11.5 Å². The van der Waals surface area contributed by atoms with Crippen molar-refractivity contribution < 1.29 is 17.9 Å². The maximum atomic E-state index is 12.5. The average molecular weight is 544 g/mol. The first-order valence-electron chi connectivity index (χ1n) is 8.87. The summed E-state index contributed by atoms with van der Waals surface area (Å²) in [5.74, 6) is -0.0173. The van der Waals surface area contributed by atoms with E-state index in [1.165, 1.54) is 24.3 Å². The maximum absolute atomic E-state index is 12.5. The summed E-state index contributed by atoms with van der Waals surface area (Å²) in [6.45, 7) is 1.89. The van der Waals surface area contributed by atoms with Gasteiger partial charge in [-0.15, -0.1) is 0 Å². The number of nitrogens with two attached hydrogens (primary N) is 1. The first-order chi connectivity index (χ1) is 14.5. The summed E-state index contributed by atoms with van der Waals surface area (Å²) >= 11 is 15.5. The number of hydrogen-bond acceptors (Lipinski definition) is 4. The molecule has 0 aliphatic carbocycles. The van der Waals surface area contributed by atoms with Gasteiger partial charge in [-0.3, -0.25) is 4.79 Å². The van der Waals surface area contributed by atoms with E-state index < -0.39 is 10.0 Å². The normalized spacial score (nSPS) is 11.3. The zero-order valence-corrected chi connectivity index (χ0v) is 20.1. The van der Waals surface area contributed by atoms with E-state index >= 15 is 0 Å². The van der Waals surface area contributed by atoms with Crippen molar-refractivity contribution >= 4 is 60.7 Å². The third kappa shape index (κ3) is 6.21. The molecular weight excluding hydrogens is 527 g/mol. The lowest BCUT2D eigenvalue weighted by Crippen LogP contribution is -2.17. The Labute approximate surface area is 198 Å². The molecule has 1 amide bonds. The molecule has 0 unspecified atom stereocenters. The summed E-state index contributed by atoms with van der Waals surface area (Å²) in [5.41, 5.74) is 1.83. The summed E-state index contributed by atoms with van der Waals surface area (Å²) in [5, 5.41) is 8.88. The number of hydrogen-bond donors (Lipinski definition) is 2. The van der Waals surface area contributed by atoms with Crippen molar-refractivity contribution in [3.63, 3.8) is 0 Å². The molecule has 0 atom stereocenters. The summed E-state index contributed by atoms with van der Waals surface area (Å²) in [6.07, 6.45) is 0.0123. The van der Waals surface area contributed by atoms with E-state index in [-0.39, 0.29) is 28.7 Å². The molecule has 3 aromatic carbocycles. The SMILES string of the molecule is Cc1cc(CC(=O)Nc2ccc(Oc3cccc(Cl)c3)c(S(N)(=O)=O)c2)c(Cl)cc1Br. The van der Waals surface area contributed by atoms with Gasteiger partial charge in [-0.25, -0.2) is 13.6 Å². The second-order valence-corrected chi connectivity index (χ2v) is 9.91. The van der Waals surface area contributed by atoms with Gasteiger partial charge in [0.05, 0.1) is 6.42 Å². The third-order valence-corrected chi connectivity index (χ3v) is 6.61. The molecule has 10 heteroatoms. The summed E-state index contributed by atoms with van der Waals surface area (Å²) in [7, 11) is -4.13. The number of nitrogens with one attached hydrogen (secondary N) is 1. The standard InChI is InChI=1S/C21H17BrCl2N2O4S/c1-12-7-13(18(24)11-17(12)22)8-21(27)26-15-5-6-19(20(10-15)31(25,28)29)30-16-4-2-3-14(23)9-16/h2-7,9-11H,8H2,1H3,(H,26,27)(H2,25,28,29). The molecule has 0 heterocycles. The van der Waals surface area contributed by atoms with Crippen LogP contribution in [0, 0.1) is 6.92 Å². The number of benzene rings is 3. The monoisotopic (exact) mass is 542 g/mol. The minimum Gasteiger partial charge on any atom is -0.456 e.